The van der Waals surface area contributed by atoms with Gasteiger partial charge < -0.3 is 0 Å². The highest BCUT2D eigenvalue weighted by atomic mass is 15.0. The van der Waals surface area contributed by atoms with Crippen LogP contribution in [0.15, 0.2) is 66.7 Å². The molecule has 0 N–H and O–H groups in total. The lowest BCUT2D eigenvalue weighted by molar-refractivity contribution is 1.31. The quantitative estimate of drug-likeness (QED) is 0.362. The van der Waals surface area contributed by atoms with Gasteiger partial charge in [-0.2, -0.15) is 0 Å². The highest BCUT2D eigenvalue weighted by molar-refractivity contribution is 6.13. The van der Waals surface area contributed by atoms with Crippen LogP contribution in [0.4, 0.5) is 0 Å². The standard InChI is InChI=1S/C20H14N2/c1-13-10-11-15-16(12-13)14-6-2-4-8-18(14)22-19-9-5-3-7-17(19)21-20(15)22/h2-12H,1H3/i1D3. The van der Waals surface area contributed by atoms with Crippen LogP contribution >= 0.6 is 0 Å². The number of aromatic nitrogens is 2. The largest absolute Gasteiger partial charge is 0.292 e. The van der Waals surface area contributed by atoms with Crippen LogP contribution in [-0.2, 0) is 0 Å². The third kappa shape index (κ3) is 1.41. The fourth-order valence-electron chi connectivity index (χ4n) is 3.31. The van der Waals surface area contributed by atoms with Gasteiger partial charge in [0.2, 0.25) is 0 Å². The van der Waals surface area contributed by atoms with Crippen LogP contribution < -0.4 is 0 Å². The molecule has 5 aromatic rings. The molecule has 0 unspecified atom stereocenters. The van der Waals surface area contributed by atoms with Crippen molar-refractivity contribution in [3.05, 3.63) is 72.3 Å². The molecule has 0 radical (unpaired) electrons. The molecule has 0 saturated heterocycles. The molecule has 3 aromatic carbocycles. The summed E-state index contributed by atoms with van der Waals surface area (Å²) in [6, 6.07) is 21.5. The van der Waals surface area contributed by atoms with Crippen molar-refractivity contribution in [1.29, 1.82) is 0 Å². The monoisotopic (exact) mass is 285 g/mol. The smallest absolute Gasteiger partial charge is 0.146 e. The normalized spacial score (nSPS) is 14.5. The molecule has 0 spiro atoms. The Morgan fingerprint density at radius 3 is 2.55 bits per heavy atom. The maximum atomic E-state index is 7.72. The molecule has 0 bridgehead atoms. The van der Waals surface area contributed by atoms with Crippen LogP contribution in [0.25, 0.3) is 38.4 Å². The number of nitrogens with zero attached hydrogens (tertiary/aromatic N) is 2. The molecule has 0 amide bonds. The van der Waals surface area contributed by atoms with E-state index in [1.165, 1.54) is 0 Å². The Morgan fingerprint density at radius 2 is 1.64 bits per heavy atom. The Labute approximate surface area is 131 Å². The van der Waals surface area contributed by atoms with Crippen molar-refractivity contribution in [2.24, 2.45) is 0 Å². The molecule has 0 aliphatic rings. The minimum Gasteiger partial charge on any atom is -0.292 e. The van der Waals surface area contributed by atoms with E-state index in [1.807, 2.05) is 42.5 Å². The van der Waals surface area contributed by atoms with E-state index in [9.17, 15) is 0 Å². The van der Waals surface area contributed by atoms with E-state index in [1.54, 1.807) is 12.1 Å². The molecule has 2 heterocycles. The van der Waals surface area contributed by atoms with Crippen molar-refractivity contribution in [3.8, 4) is 0 Å². The summed E-state index contributed by atoms with van der Waals surface area (Å²) in [5.74, 6) is 0. The van der Waals surface area contributed by atoms with E-state index in [0.717, 1.165) is 38.4 Å². The lowest BCUT2D eigenvalue weighted by Crippen LogP contribution is -1.91. The second-order valence-electron chi connectivity index (χ2n) is 5.54. The molecular weight excluding hydrogens is 268 g/mol. The van der Waals surface area contributed by atoms with Gasteiger partial charge in [-0.3, -0.25) is 4.40 Å². The van der Waals surface area contributed by atoms with E-state index >= 15 is 0 Å². The van der Waals surface area contributed by atoms with Gasteiger partial charge in [-0.15, -0.1) is 0 Å². The fourth-order valence-corrected chi connectivity index (χ4v) is 3.31. The number of rotatable bonds is 0. The lowest BCUT2D eigenvalue weighted by atomic mass is 10.0. The number of hydrogen-bond acceptors (Lipinski definition) is 1. The van der Waals surface area contributed by atoms with Crippen LogP contribution in [0.2, 0.25) is 0 Å². The summed E-state index contributed by atoms with van der Waals surface area (Å²) < 4.78 is 25.3. The maximum Gasteiger partial charge on any atom is 0.146 e. The maximum absolute atomic E-state index is 7.72. The highest BCUT2D eigenvalue weighted by Gasteiger charge is 2.12. The van der Waals surface area contributed by atoms with Gasteiger partial charge in [-0.25, -0.2) is 4.98 Å². The first kappa shape index (κ1) is 9.21. The van der Waals surface area contributed by atoms with Crippen LogP contribution in [0.1, 0.15) is 9.68 Å². The van der Waals surface area contributed by atoms with Crippen molar-refractivity contribution >= 4 is 38.4 Å². The number of benzene rings is 3. The first-order chi connectivity index (χ1) is 12.0. The molecule has 0 fully saturated rings. The van der Waals surface area contributed by atoms with Crippen molar-refractivity contribution in [1.82, 2.24) is 9.38 Å². The van der Waals surface area contributed by atoms with Crippen molar-refractivity contribution in [2.75, 3.05) is 0 Å². The average Bonchev–Trinajstić information content (AvgIpc) is 3.00. The van der Waals surface area contributed by atoms with Crippen molar-refractivity contribution in [3.63, 3.8) is 0 Å². The summed E-state index contributed by atoms with van der Waals surface area (Å²) in [6.07, 6.45) is 0. The SMILES string of the molecule is [2H]C([2H])([2H])c1ccc2c(c1)c1ccccc1n1c3ccccc3nc21. The molecule has 2 heteroatoms. The Hall–Kier alpha value is -2.87. The third-order valence-electron chi connectivity index (χ3n) is 4.26. The minimum absolute atomic E-state index is 0.352. The summed E-state index contributed by atoms with van der Waals surface area (Å²) in [5.41, 5.74) is 4.22. The molecule has 104 valence electrons. The van der Waals surface area contributed by atoms with E-state index in [0.29, 0.717) is 5.56 Å². The number of hydrogen-bond donors (Lipinski definition) is 0. The molecule has 0 aliphatic carbocycles. The van der Waals surface area contributed by atoms with Gasteiger partial charge in [-0.1, -0.05) is 54.1 Å². The molecule has 5 rings (SSSR count). The predicted molar refractivity (Wildman–Crippen MR) is 92.4 cm³/mol. The molecule has 22 heavy (non-hydrogen) atoms. The van der Waals surface area contributed by atoms with Crippen molar-refractivity contribution < 1.29 is 4.11 Å². The van der Waals surface area contributed by atoms with Gasteiger partial charge in [0.15, 0.2) is 0 Å². The average molecular weight is 285 g/mol. The first-order valence-corrected chi connectivity index (χ1v) is 7.26. The second-order valence-corrected chi connectivity index (χ2v) is 5.54. The van der Waals surface area contributed by atoms with Crippen molar-refractivity contribution in [2.45, 2.75) is 6.85 Å². The lowest BCUT2D eigenvalue weighted by Gasteiger charge is -2.09. The van der Waals surface area contributed by atoms with Gasteiger partial charge in [0, 0.05) is 14.9 Å². The second kappa shape index (κ2) is 4.08. The van der Waals surface area contributed by atoms with E-state index in [4.69, 9.17) is 9.10 Å². The Balaban J connectivity index is 2.08. The van der Waals surface area contributed by atoms with E-state index < -0.39 is 6.85 Å². The zero-order valence-corrected chi connectivity index (χ0v) is 11.7. The molecule has 0 atom stereocenters. The summed E-state index contributed by atoms with van der Waals surface area (Å²) in [4.78, 5) is 4.81. The highest BCUT2D eigenvalue weighted by Crippen LogP contribution is 2.32. The van der Waals surface area contributed by atoms with E-state index in [2.05, 4.69) is 16.5 Å². The van der Waals surface area contributed by atoms with Crippen LogP contribution in [0.5, 0.6) is 0 Å². The number of para-hydroxylation sites is 3. The Bertz CT molecular complexity index is 1280. The van der Waals surface area contributed by atoms with Gasteiger partial charge >= 0.3 is 0 Å². The van der Waals surface area contributed by atoms with Gasteiger partial charge in [0.05, 0.1) is 16.6 Å². The van der Waals surface area contributed by atoms with Crippen LogP contribution in [-0.4, -0.2) is 9.38 Å². The molecule has 0 saturated carbocycles. The Kier molecular flexibility index (Phi) is 1.71. The zero-order valence-electron chi connectivity index (χ0n) is 14.7. The summed E-state index contributed by atoms with van der Waals surface area (Å²) in [7, 11) is 0. The van der Waals surface area contributed by atoms with Gasteiger partial charge in [0.25, 0.3) is 0 Å². The molecular formula is C20H14N2. The Morgan fingerprint density at radius 1 is 0.818 bits per heavy atom. The van der Waals surface area contributed by atoms with Crippen LogP contribution in [0.3, 0.4) is 0 Å². The van der Waals surface area contributed by atoms with Gasteiger partial charge in [0.1, 0.15) is 5.65 Å². The predicted octanol–water partition coefficient (Wildman–Crippen LogP) is 5.10. The minimum atomic E-state index is -2.12. The van der Waals surface area contributed by atoms with E-state index in [-0.39, 0.29) is 0 Å². The number of imidazole rings is 1. The number of fused-ring (bicyclic) bond motifs is 8. The number of pyridine rings is 1. The van der Waals surface area contributed by atoms with Gasteiger partial charge in [-0.05, 0) is 30.4 Å². The summed E-state index contributed by atoms with van der Waals surface area (Å²) in [6.45, 7) is -2.12. The fraction of sp³-hybridized carbons (Fsp3) is 0.0500. The first-order valence-electron chi connectivity index (χ1n) is 8.76. The number of aryl methyl sites for hydroxylation is 1. The summed E-state index contributed by atoms with van der Waals surface area (Å²) >= 11 is 0. The molecule has 2 aromatic heterocycles. The molecule has 0 aliphatic heterocycles. The summed E-state index contributed by atoms with van der Waals surface area (Å²) in [5, 5.41) is 2.91. The topological polar surface area (TPSA) is 17.3 Å². The van der Waals surface area contributed by atoms with Crippen LogP contribution in [0, 0.1) is 6.85 Å². The third-order valence-corrected chi connectivity index (χ3v) is 4.26. The molecule has 2 nitrogen and oxygen atoms in total. The zero-order chi connectivity index (χ0) is 17.2.